The lowest BCUT2D eigenvalue weighted by Crippen LogP contribution is -2.19. The average Bonchev–Trinajstić information content (AvgIpc) is 2.62. The maximum absolute atomic E-state index is 12.1. The van der Waals surface area contributed by atoms with Gasteiger partial charge in [0.1, 0.15) is 0 Å². The highest BCUT2D eigenvalue weighted by molar-refractivity contribution is 5.99. The molecule has 0 aliphatic heterocycles. The Balaban J connectivity index is 2.18. The van der Waals surface area contributed by atoms with E-state index in [1.807, 2.05) is 6.92 Å². The summed E-state index contributed by atoms with van der Waals surface area (Å²) in [6.45, 7) is 2.35. The van der Waals surface area contributed by atoms with Gasteiger partial charge in [-0.15, -0.1) is 0 Å². The van der Waals surface area contributed by atoms with E-state index in [-0.39, 0.29) is 5.91 Å². The molecule has 0 spiro atoms. The minimum Gasteiger partial charge on any atom is -0.493 e. The van der Waals surface area contributed by atoms with E-state index in [1.165, 1.54) is 20.4 Å². The van der Waals surface area contributed by atoms with Crippen molar-refractivity contribution >= 4 is 17.8 Å². The van der Waals surface area contributed by atoms with Crippen LogP contribution in [0.2, 0.25) is 0 Å². The lowest BCUT2D eigenvalue weighted by molar-refractivity contribution is 0.0956. The largest absolute Gasteiger partial charge is 0.493 e. The van der Waals surface area contributed by atoms with E-state index in [2.05, 4.69) is 10.5 Å². The molecule has 0 fully saturated rings. The SMILES string of the molecule is CCOc1c(OC)cc(/C=N\NC(=O)c2ccccc2N)cc1OC. The molecular formula is C18H21N3O4. The van der Waals surface area contributed by atoms with Gasteiger partial charge in [-0.3, -0.25) is 4.79 Å². The summed E-state index contributed by atoms with van der Waals surface area (Å²) < 4.78 is 16.2. The molecule has 3 N–H and O–H groups in total. The second-order valence-corrected chi connectivity index (χ2v) is 4.97. The number of benzene rings is 2. The van der Waals surface area contributed by atoms with Crippen molar-refractivity contribution in [1.82, 2.24) is 5.43 Å². The number of nitrogens with zero attached hydrogens (tertiary/aromatic N) is 1. The van der Waals surface area contributed by atoms with Crippen LogP contribution in [0.5, 0.6) is 17.2 Å². The molecule has 0 aliphatic rings. The fourth-order valence-corrected chi connectivity index (χ4v) is 2.19. The number of anilines is 1. The molecular weight excluding hydrogens is 322 g/mol. The van der Waals surface area contributed by atoms with Gasteiger partial charge in [-0.05, 0) is 31.2 Å². The van der Waals surface area contributed by atoms with Crippen LogP contribution in [0.3, 0.4) is 0 Å². The standard InChI is InChI=1S/C18H21N3O4/c1-4-25-17-15(23-2)9-12(10-16(17)24-3)11-20-21-18(22)13-7-5-6-8-14(13)19/h5-11H,4,19H2,1-3H3,(H,21,22)/b20-11-. The fraction of sp³-hybridized carbons (Fsp3) is 0.222. The first-order valence-electron chi connectivity index (χ1n) is 7.67. The number of rotatable bonds is 7. The van der Waals surface area contributed by atoms with Crippen molar-refractivity contribution in [1.29, 1.82) is 0 Å². The molecule has 0 unspecified atom stereocenters. The van der Waals surface area contributed by atoms with E-state index >= 15 is 0 Å². The number of ether oxygens (including phenoxy) is 3. The first kappa shape index (κ1) is 18.1. The maximum atomic E-state index is 12.1. The Hall–Kier alpha value is -3.22. The van der Waals surface area contributed by atoms with Crippen molar-refractivity contribution in [2.24, 2.45) is 5.10 Å². The summed E-state index contributed by atoms with van der Waals surface area (Å²) >= 11 is 0. The molecule has 1 amide bonds. The molecule has 0 aliphatic carbocycles. The van der Waals surface area contributed by atoms with Gasteiger partial charge in [0.05, 0.1) is 32.6 Å². The van der Waals surface area contributed by atoms with Gasteiger partial charge in [-0.2, -0.15) is 5.10 Å². The van der Waals surface area contributed by atoms with Gasteiger partial charge in [0.2, 0.25) is 5.75 Å². The van der Waals surface area contributed by atoms with Crippen LogP contribution in [0.15, 0.2) is 41.5 Å². The summed E-state index contributed by atoms with van der Waals surface area (Å²) in [7, 11) is 3.08. The maximum Gasteiger partial charge on any atom is 0.273 e. The quantitative estimate of drug-likeness (QED) is 0.457. The number of methoxy groups -OCH3 is 2. The number of nitrogen functional groups attached to an aromatic ring is 1. The second-order valence-electron chi connectivity index (χ2n) is 4.97. The number of carbonyl (C=O) groups is 1. The summed E-state index contributed by atoms with van der Waals surface area (Å²) in [5.74, 6) is 1.16. The number of nitrogens with two attached hydrogens (primary N) is 1. The first-order chi connectivity index (χ1) is 12.1. The summed E-state index contributed by atoms with van der Waals surface area (Å²) in [6.07, 6.45) is 1.48. The highest BCUT2D eigenvalue weighted by atomic mass is 16.5. The molecule has 0 aromatic heterocycles. The third-order valence-electron chi connectivity index (χ3n) is 3.36. The van der Waals surface area contributed by atoms with Gasteiger partial charge in [0.15, 0.2) is 11.5 Å². The minimum absolute atomic E-state index is 0.363. The normalized spacial score (nSPS) is 10.5. The molecule has 132 valence electrons. The minimum atomic E-state index is -0.390. The molecule has 2 aromatic carbocycles. The molecule has 25 heavy (non-hydrogen) atoms. The third kappa shape index (κ3) is 4.41. The van der Waals surface area contributed by atoms with Crippen LogP contribution in [0.1, 0.15) is 22.8 Å². The Bertz CT molecular complexity index is 750. The van der Waals surface area contributed by atoms with Crippen LogP contribution in [-0.2, 0) is 0 Å². The number of carbonyl (C=O) groups excluding carboxylic acids is 1. The van der Waals surface area contributed by atoms with Crippen molar-refractivity contribution in [3.63, 3.8) is 0 Å². The van der Waals surface area contributed by atoms with E-state index in [9.17, 15) is 4.79 Å². The van der Waals surface area contributed by atoms with Crippen molar-refractivity contribution in [2.45, 2.75) is 6.92 Å². The van der Waals surface area contributed by atoms with Crippen molar-refractivity contribution < 1.29 is 19.0 Å². The lowest BCUT2D eigenvalue weighted by atomic mass is 10.2. The van der Waals surface area contributed by atoms with Gasteiger partial charge < -0.3 is 19.9 Å². The molecule has 7 nitrogen and oxygen atoms in total. The zero-order valence-corrected chi connectivity index (χ0v) is 14.4. The number of nitrogens with one attached hydrogen (secondary N) is 1. The van der Waals surface area contributed by atoms with Gasteiger partial charge in [0, 0.05) is 11.3 Å². The summed E-state index contributed by atoms with van der Waals surface area (Å²) in [5.41, 5.74) is 9.64. The Kier molecular flexibility index (Phi) is 6.22. The van der Waals surface area contributed by atoms with E-state index in [1.54, 1.807) is 36.4 Å². The molecule has 0 saturated carbocycles. The molecule has 0 radical (unpaired) electrons. The van der Waals surface area contributed by atoms with Crippen LogP contribution in [-0.4, -0.2) is 32.9 Å². The smallest absolute Gasteiger partial charge is 0.273 e. The Morgan fingerprint density at radius 3 is 2.40 bits per heavy atom. The fourth-order valence-electron chi connectivity index (χ4n) is 2.19. The molecule has 2 aromatic rings. The van der Waals surface area contributed by atoms with Crippen LogP contribution < -0.4 is 25.4 Å². The van der Waals surface area contributed by atoms with Crippen molar-refractivity contribution in [3.05, 3.63) is 47.5 Å². The van der Waals surface area contributed by atoms with E-state index in [0.717, 1.165) is 0 Å². The van der Waals surface area contributed by atoms with Crippen molar-refractivity contribution in [2.75, 3.05) is 26.6 Å². The summed E-state index contributed by atoms with van der Waals surface area (Å²) in [6, 6.07) is 10.2. The topological polar surface area (TPSA) is 95.2 Å². The molecule has 0 atom stereocenters. The van der Waals surface area contributed by atoms with Gasteiger partial charge in [-0.1, -0.05) is 12.1 Å². The predicted octanol–water partition coefficient (Wildman–Crippen LogP) is 2.45. The van der Waals surface area contributed by atoms with E-state index in [0.29, 0.717) is 40.7 Å². The molecule has 2 rings (SSSR count). The van der Waals surface area contributed by atoms with Crippen LogP contribution in [0.4, 0.5) is 5.69 Å². The predicted molar refractivity (Wildman–Crippen MR) is 96.6 cm³/mol. The van der Waals surface area contributed by atoms with Gasteiger partial charge in [0.25, 0.3) is 5.91 Å². The molecule has 0 bridgehead atoms. The Morgan fingerprint density at radius 2 is 1.84 bits per heavy atom. The number of hydrazone groups is 1. The Morgan fingerprint density at radius 1 is 1.20 bits per heavy atom. The van der Waals surface area contributed by atoms with Gasteiger partial charge in [-0.25, -0.2) is 5.43 Å². The lowest BCUT2D eigenvalue weighted by Gasteiger charge is -2.14. The van der Waals surface area contributed by atoms with E-state index in [4.69, 9.17) is 19.9 Å². The first-order valence-corrected chi connectivity index (χ1v) is 7.67. The molecule has 7 heteroatoms. The zero-order chi connectivity index (χ0) is 18.2. The second kappa shape index (κ2) is 8.58. The van der Waals surface area contributed by atoms with E-state index < -0.39 is 0 Å². The third-order valence-corrected chi connectivity index (χ3v) is 3.36. The number of amides is 1. The molecule has 0 heterocycles. The van der Waals surface area contributed by atoms with Crippen LogP contribution >= 0.6 is 0 Å². The number of para-hydroxylation sites is 1. The van der Waals surface area contributed by atoms with Crippen LogP contribution in [0.25, 0.3) is 0 Å². The zero-order valence-electron chi connectivity index (χ0n) is 14.4. The highest BCUT2D eigenvalue weighted by Crippen LogP contribution is 2.38. The van der Waals surface area contributed by atoms with Crippen molar-refractivity contribution in [3.8, 4) is 17.2 Å². The number of hydrogen-bond donors (Lipinski definition) is 2. The van der Waals surface area contributed by atoms with Gasteiger partial charge >= 0.3 is 0 Å². The summed E-state index contributed by atoms with van der Waals surface area (Å²) in [5, 5.41) is 3.95. The number of hydrogen-bond acceptors (Lipinski definition) is 6. The monoisotopic (exact) mass is 343 g/mol. The molecule has 0 saturated heterocycles. The highest BCUT2D eigenvalue weighted by Gasteiger charge is 2.13. The average molecular weight is 343 g/mol. The Labute approximate surface area is 146 Å². The van der Waals surface area contributed by atoms with Crippen LogP contribution in [0, 0.1) is 0 Å². The summed E-state index contributed by atoms with van der Waals surface area (Å²) in [4.78, 5) is 12.1.